The number of benzene rings is 2. The van der Waals surface area contributed by atoms with Gasteiger partial charge in [-0.3, -0.25) is 4.90 Å². The van der Waals surface area contributed by atoms with E-state index >= 15 is 0 Å². The Hall–Kier alpha value is -2.96. The van der Waals surface area contributed by atoms with Gasteiger partial charge < -0.3 is 15.9 Å². The van der Waals surface area contributed by atoms with Crippen LogP contribution < -0.4 is 5.73 Å². The molecule has 1 aliphatic heterocycles. The molecular weight excluding hydrogens is 356 g/mol. The zero-order chi connectivity index (χ0) is 20.4. The van der Waals surface area contributed by atoms with Crippen LogP contribution in [-0.2, 0) is 9.59 Å². The largest absolute Gasteiger partial charge is 0.478 e. The number of carboxylic acids is 2. The molecule has 148 valence electrons. The Labute approximate surface area is 164 Å². The molecule has 6 heteroatoms. The van der Waals surface area contributed by atoms with E-state index in [0.29, 0.717) is 12.2 Å². The molecule has 0 radical (unpaired) electrons. The normalized spacial score (nSPS) is 14.4. The van der Waals surface area contributed by atoms with Gasteiger partial charge in [-0.25, -0.2) is 9.59 Å². The number of rotatable bonds is 6. The molecule has 0 saturated heterocycles. The molecule has 2 aromatic rings. The summed E-state index contributed by atoms with van der Waals surface area (Å²) < 4.78 is 0. The van der Waals surface area contributed by atoms with Crippen LogP contribution in [-0.4, -0.2) is 53.2 Å². The number of hydrogen-bond donors (Lipinski definition) is 3. The van der Waals surface area contributed by atoms with Crippen LogP contribution in [0.1, 0.15) is 18.4 Å². The summed E-state index contributed by atoms with van der Waals surface area (Å²) in [4.78, 5) is 21.6. The smallest absolute Gasteiger partial charge is 0.328 e. The minimum Gasteiger partial charge on any atom is -0.478 e. The minimum absolute atomic E-state index is 0.558. The van der Waals surface area contributed by atoms with Crippen LogP contribution in [0, 0.1) is 0 Å². The molecule has 0 bridgehead atoms. The fourth-order valence-electron chi connectivity index (χ4n) is 3.12. The highest BCUT2D eigenvalue weighted by Gasteiger charge is 2.13. The molecule has 0 aromatic heterocycles. The first kappa shape index (κ1) is 21.3. The van der Waals surface area contributed by atoms with E-state index in [2.05, 4.69) is 53.4 Å². The summed E-state index contributed by atoms with van der Waals surface area (Å²) >= 11 is 0. The molecule has 0 spiro atoms. The quantitative estimate of drug-likeness (QED) is 0.664. The van der Waals surface area contributed by atoms with Gasteiger partial charge >= 0.3 is 11.9 Å². The van der Waals surface area contributed by atoms with Gasteiger partial charge in [-0.2, -0.15) is 0 Å². The topological polar surface area (TPSA) is 104 Å². The van der Waals surface area contributed by atoms with E-state index in [1.165, 1.54) is 21.9 Å². The Bertz CT molecular complexity index is 852. The summed E-state index contributed by atoms with van der Waals surface area (Å²) in [7, 11) is 0. The maximum absolute atomic E-state index is 9.55. The summed E-state index contributed by atoms with van der Waals surface area (Å²) in [6.07, 6.45) is 5.74. The van der Waals surface area contributed by atoms with Gasteiger partial charge in [0, 0.05) is 25.2 Å². The van der Waals surface area contributed by atoms with E-state index in [1.807, 2.05) is 0 Å². The van der Waals surface area contributed by atoms with Gasteiger partial charge in [0.2, 0.25) is 0 Å². The summed E-state index contributed by atoms with van der Waals surface area (Å²) in [5, 5.41) is 18.3. The highest BCUT2D eigenvalue weighted by atomic mass is 16.4. The number of aliphatic carboxylic acids is 2. The first-order chi connectivity index (χ1) is 13.5. The molecule has 0 atom stereocenters. The molecule has 2 aromatic carbocycles. The lowest BCUT2D eigenvalue weighted by Gasteiger charge is -2.26. The second kappa shape index (κ2) is 11.0. The first-order valence-corrected chi connectivity index (χ1v) is 9.24. The third kappa shape index (κ3) is 6.64. The van der Waals surface area contributed by atoms with Crippen LogP contribution in [0.4, 0.5) is 0 Å². The van der Waals surface area contributed by atoms with Crippen molar-refractivity contribution >= 4 is 28.3 Å². The predicted octanol–water partition coefficient (Wildman–Crippen LogP) is 2.99. The molecule has 0 saturated carbocycles. The van der Waals surface area contributed by atoms with Crippen molar-refractivity contribution < 1.29 is 19.8 Å². The van der Waals surface area contributed by atoms with E-state index < -0.39 is 11.9 Å². The minimum atomic E-state index is -1.26. The molecule has 4 N–H and O–H groups in total. The number of hydrogen-bond acceptors (Lipinski definition) is 4. The molecule has 0 amide bonds. The predicted molar refractivity (Wildman–Crippen MR) is 111 cm³/mol. The van der Waals surface area contributed by atoms with Crippen molar-refractivity contribution in [3.05, 3.63) is 66.3 Å². The van der Waals surface area contributed by atoms with Crippen molar-refractivity contribution in [1.29, 1.82) is 0 Å². The maximum atomic E-state index is 9.55. The Morgan fingerprint density at radius 3 is 2.32 bits per heavy atom. The fraction of sp³-hybridized carbons (Fsp3) is 0.273. The summed E-state index contributed by atoms with van der Waals surface area (Å²) in [5.74, 6) is -2.51. The van der Waals surface area contributed by atoms with Crippen LogP contribution in [0.5, 0.6) is 0 Å². The van der Waals surface area contributed by atoms with Gasteiger partial charge in [-0.05, 0) is 47.8 Å². The van der Waals surface area contributed by atoms with Gasteiger partial charge in [0.15, 0.2) is 0 Å². The zero-order valence-corrected chi connectivity index (χ0v) is 15.8. The highest BCUT2D eigenvalue weighted by Crippen LogP contribution is 2.29. The summed E-state index contributed by atoms with van der Waals surface area (Å²) in [6.45, 7) is 4.11. The van der Waals surface area contributed by atoms with Gasteiger partial charge in [0.05, 0.1) is 0 Å². The van der Waals surface area contributed by atoms with E-state index in [1.54, 1.807) is 0 Å². The van der Waals surface area contributed by atoms with Gasteiger partial charge in [-0.15, -0.1) is 0 Å². The number of nitrogens with zero attached hydrogens (tertiary/aromatic N) is 1. The Kier molecular flexibility index (Phi) is 8.39. The maximum Gasteiger partial charge on any atom is 0.328 e. The van der Waals surface area contributed by atoms with Crippen LogP contribution in [0.25, 0.3) is 16.3 Å². The SMILES string of the molecule is NCCCN1CC=C(c2cccc3ccccc23)CC1.O=C(O)C=CC(=O)O. The average molecular weight is 382 g/mol. The molecule has 0 unspecified atom stereocenters. The van der Waals surface area contributed by atoms with E-state index in [4.69, 9.17) is 15.9 Å². The van der Waals surface area contributed by atoms with Gasteiger partial charge in [-0.1, -0.05) is 48.5 Å². The lowest BCUT2D eigenvalue weighted by molar-refractivity contribution is -0.134. The van der Waals surface area contributed by atoms with Crippen LogP contribution >= 0.6 is 0 Å². The van der Waals surface area contributed by atoms with Crippen LogP contribution in [0.3, 0.4) is 0 Å². The molecule has 6 nitrogen and oxygen atoms in total. The number of carbonyl (C=O) groups is 2. The molecule has 3 rings (SSSR count). The van der Waals surface area contributed by atoms with Crippen molar-refractivity contribution in [3.63, 3.8) is 0 Å². The van der Waals surface area contributed by atoms with Crippen molar-refractivity contribution in [1.82, 2.24) is 4.90 Å². The van der Waals surface area contributed by atoms with Crippen molar-refractivity contribution in [3.8, 4) is 0 Å². The number of nitrogens with two attached hydrogens (primary N) is 1. The second-order valence-electron chi connectivity index (χ2n) is 6.46. The standard InChI is InChI=1S/C18H22N2.C4H4O4/c19-11-4-12-20-13-9-16(10-14-20)18-8-3-6-15-5-1-2-7-17(15)18;5-3(6)1-2-4(7)8/h1-3,5-9H,4,10-14,19H2;1-2H,(H,5,6)(H,7,8). The lowest BCUT2D eigenvalue weighted by Crippen LogP contribution is -2.30. The molecule has 1 heterocycles. The van der Waals surface area contributed by atoms with E-state index in [0.717, 1.165) is 39.0 Å². The highest BCUT2D eigenvalue weighted by molar-refractivity contribution is 5.94. The Morgan fingerprint density at radius 1 is 1.04 bits per heavy atom. The number of carboxylic acid groups (broad SMARTS) is 2. The fourth-order valence-corrected chi connectivity index (χ4v) is 3.12. The first-order valence-electron chi connectivity index (χ1n) is 9.24. The molecule has 0 aliphatic carbocycles. The third-order valence-corrected chi connectivity index (χ3v) is 4.48. The number of fused-ring (bicyclic) bond motifs is 1. The molecular formula is C22H26N2O4. The van der Waals surface area contributed by atoms with Crippen molar-refractivity contribution in [2.75, 3.05) is 26.2 Å². The van der Waals surface area contributed by atoms with Crippen molar-refractivity contribution in [2.24, 2.45) is 5.73 Å². The van der Waals surface area contributed by atoms with E-state index in [9.17, 15) is 9.59 Å². The Balaban J connectivity index is 0.000000300. The summed E-state index contributed by atoms with van der Waals surface area (Å²) in [5.41, 5.74) is 8.48. The van der Waals surface area contributed by atoms with Crippen LogP contribution in [0.2, 0.25) is 0 Å². The van der Waals surface area contributed by atoms with Gasteiger partial charge in [0.25, 0.3) is 0 Å². The second-order valence-corrected chi connectivity index (χ2v) is 6.46. The van der Waals surface area contributed by atoms with Crippen LogP contribution in [0.15, 0.2) is 60.7 Å². The van der Waals surface area contributed by atoms with Crippen molar-refractivity contribution in [2.45, 2.75) is 12.8 Å². The molecule has 28 heavy (non-hydrogen) atoms. The molecule has 0 fully saturated rings. The lowest BCUT2D eigenvalue weighted by atomic mass is 9.94. The monoisotopic (exact) mass is 382 g/mol. The average Bonchev–Trinajstić information content (AvgIpc) is 2.71. The van der Waals surface area contributed by atoms with Gasteiger partial charge in [0.1, 0.15) is 0 Å². The summed E-state index contributed by atoms with van der Waals surface area (Å²) in [6, 6.07) is 15.3. The Morgan fingerprint density at radius 2 is 1.71 bits per heavy atom. The molecule has 1 aliphatic rings. The third-order valence-electron chi connectivity index (χ3n) is 4.48. The van der Waals surface area contributed by atoms with E-state index in [-0.39, 0.29) is 0 Å². The zero-order valence-electron chi connectivity index (χ0n) is 15.8.